The van der Waals surface area contributed by atoms with Crippen molar-refractivity contribution >= 4 is 88.0 Å². The highest BCUT2D eigenvalue weighted by Gasteiger charge is 2.58. The molecule has 6 N–H and O–H groups in total. The lowest BCUT2D eigenvalue weighted by molar-refractivity contribution is -0.132. The molecule has 2 fully saturated rings. The number of ether oxygens (including phenoxy) is 5. The molecule has 7 aromatic rings. The normalized spacial score (nSPS) is 17.5. The number of nitrogens with one attached hydrogen (secondary N) is 5. The van der Waals surface area contributed by atoms with E-state index in [2.05, 4.69) is 36.9 Å². The third-order valence-electron chi connectivity index (χ3n) is 19.9. The molecule has 28 nitrogen and oxygen atoms in total. The van der Waals surface area contributed by atoms with Gasteiger partial charge in [-0.25, -0.2) is 14.4 Å². The topological polar surface area (TPSA) is 336 Å². The second-order valence-corrected chi connectivity index (χ2v) is 27.7. The van der Waals surface area contributed by atoms with Crippen LogP contribution in [0.4, 0.5) is 33.2 Å². The summed E-state index contributed by atoms with van der Waals surface area (Å²) in [4.78, 5) is 134. The number of aliphatic hydroxyl groups excluding tert-OH is 1. The van der Waals surface area contributed by atoms with Crippen LogP contribution in [0.25, 0.3) is 22.5 Å². The molecule has 1 unspecified atom stereocenters. The van der Waals surface area contributed by atoms with Gasteiger partial charge in [-0.2, -0.15) is 0 Å². The maximum Gasteiger partial charge on any atom is 0.416 e. The van der Waals surface area contributed by atoms with E-state index < -0.39 is 79.0 Å². The first-order valence-corrected chi connectivity index (χ1v) is 35.2. The SMILES string of the molecule is COc1cc2c(cc1OCCCOc1cc3c(cc1OC)C(=O)N1CC4(CC4)C[C@H]1C(O)N3C(=O)OCc1ccc(NC(=O)[C@H](C)NC(=O)[C@@H](NC(=O)CNC(=O)CNC(=O)CCC(=O)N3Cc4ccccc4-c4nnn(C(C)C)c4-c4ccccc43)C(C)C)cc1)N=C[C@@H]1Cc3ccccc3N1C2=O. The second kappa shape index (κ2) is 30.3. The molecule has 0 radical (unpaired) electrons. The third-order valence-corrected chi connectivity index (χ3v) is 19.9. The van der Waals surface area contributed by atoms with E-state index in [-0.39, 0.29) is 97.2 Å². The molecule has 0 bridgehead atoms. The molecule has 1 aliphatic carbocycles. The van der Waals surface area contributed by atoms with Gasteiger partial charge in [-0.3, -0.25) is 48.2 Å². The highest BCUT2D eigenvalue weighted by molar-refractivity contribution is 6.15. The van der Waals surface area contributed by atoms with Crippen LogP contribution < -0.4 is 60.2 Å². The average molecular weight is 1430 g/mol. The van der Waals surface area contributed by atoms with Gasteiger partial charge in [-0.1, -0.05) is 91.9 Å². The monoisotopic (exact) mass is 1430 g/mol. The Morgan fingerprint density at radius 1 is 0.667 bits per heavy atom. The van der Waals surface area contributed by atoms with E-state index >= 15 is 0 Å². The van der Waals surface area contributed by atoms with E-state index in [1.165, 1.54) is 33.3 Å². The van der Waals surface area contributed by atoms with E-state index in [4.69, 9.17) is 28.7 Å². The summed E-state index contributed by atoms with van der Waals surface area (Å²) >= 11 is 0. The highest BCUT2D eigenvalue weighted by Crippen LogP contribution is 2.57. The van der Waals surface area contributed by atoms with Crippen molar-refractivity contribution in [3.63, 3.8) is 0 Å². The minimum absolute atomic E-state index is 0.0283. The Kier molecular flexibility index (Phi) is 20.7. The molecule has 13 rings (SSSR count). The van der Waals surface area contributed by atoms with Crippen LogP contribution in [0.15, 0.2) is 126 Å². The first-order chi connectivity index (χ1) is 50.6. The molecule has 1 aromatic heterocycles. The largest absolute Gasteiger partial charge is 0.493 e. The van der Waals surface area contributed by atoms with E-state index in [0.717, 1.165) is 51.4 Å². The molecule has 105 heavy (non-hydrogen) atoms. The maximum atomic E-state index is 14.5. The third kappa shape index (κ3) is 15.0. The molecule has 6 aliphatic rings. The van der Waals surface area contributed by atoms with Crippen molar-refractivity contribution in [1.29, 1.82) is 0 Å². The number of nitrogens with zero attached hydrogens (tertiary/aromatic N) is 8. The highest BCUT2D eigenvalue weighted by atomic mass is 16.6. The van der Waals surface area contributed by atoms with Crippen molar-refractivity contribution in [2.75, 3.05) is 67.1 Å². The number of fused-ring (bicyclic) bond motifs is 11. The van der Waals surface area contributed by atoms with Crippen LogP contribution >= 0.6 is 0 Å². The minimum Gasteiger partial charge on any atom is -0.493 e. The molecule has 1 saturated carbocycles. The van der Waals surface area contributed by atoms with E-state index in [0.29, 0.717) is 71.2 Å². The van der Waals surface area contributed by atoms with Crippen molar-refractivity contribution in [2.24, 2.45) is 16.3 Å². The Labute approximate surface area is 605 Å². The Morgan fingerprint density at radius 2 is 1.32 bits per heavy atom. The fourth-order valence-corrected chi connectivity index (χ4v) is 14.1. The lowest BCUT2D eigenvalue weighted by atomic mass is 9.95. The van der Waals surface area contributed by atoms with Gasteiger partial charge in [-0.05, 0) is 104 Å². The number of aromatic nitrogens is 3. The Morgan fingerprint density at radius 3 is 2.03 bits per heavy atom. The van der Waals surface area contributed by atoms with Gasteiger partial charge in [0.15, 0.2) is 29.2 Å². The summed E-state index contributed by atoms with van der Waals surface area (Å²) in [5, 5.41) is 34.2. The van der Waals surface area contributed by atoms with Crippen LogP contribution in [0.1, 0.15) is 117 Å². The number of rotatable bonds is 24. The molecule has 28 heteroatoms. The van der Waals surface area contributed by atoms with Crippen LogP contribution in [-0.2, 0) is 53.1 Å². The van der Waals surface area contributed by atoms with Gasteiger partial charge < -0.3 is 65.2 Å². The zero-order chi connectivity index (χ0) is 74.0. The van der Waals surface area contributed by atoms with E-state index in [1.807, 2.05) is 91.3 Å². The number of carbonyl (C=O) groups is 9. The van der Waals surface area contributed by atoms with Crippen LogP contribution in [0, 0.1) is 11.3 Å². The van der Waals surface area contributed by atoms with Gasteiger partial charge in [-0.15, -0.1) is 5.10 Å². The van der Waals surface area contributed by atoms with Gasteiger partial charge in [0.2, 0.25) is 35.4 Å². The zero-order valence-electron chi connectivity index (χ0n) is 59.3. The number of methoxy groups -OCH3 is 2. The van der Waals surface area contributed by atoms with Crippen molar-refractivity contribution in [3.8, 4) is 45.5 Å². The predicted molar refractivity (Wildman–Crippen MR) is 387 cm³/mol. The fraction of sp³-hybridized carbons (Fsp3) is 0.377. The van der Waals surface area contributed by atoms with Crippen LogP contribution in [0.2, 0.25) is 0 Å². The van der Waals surface area contributed by atoms with E-state index in [9.17, 15) is 48.3 Å². The van der Waals surface area contributed by atoms with Crippen LogP contribution in [-0.4, -0.2) is 162 Å². The standard InChI is InChI=1S/C77H83N13O15/c1-43(2)68(83-66(93)39-80-65(92)38-79-64(91)25-26-67(94)86-40-48-16-8-10-17-51(48)69-70(90(44(3)4)85-84-69)52-18-11-13-20-57(52)86)72(96)81-45(5)71(95)82-49-23-21-46(22-24-49)41-105-76(100)89-58-35-63(61(102-7)33-54(58)73(97)87-42-77(27-28-77)36-59(87)75(89)99)104-30-14-29-103-62-34-55-53(32-60(62)101-6)74(98)88-50(37-78-55)31-47-15-9-12-19-56(47)88/h8-13,15-24,32-35,37,43-45,50,59,68,75,99H,14,25-31,36,38-42H2,1-7H3,(H,79,91)(H,80,92)(H,81,96)(H,82,95)(H,83,93)/t45-,50-,59-,68-,75?/m0/s1. The van der Waals surface area contributed by atoms with Crippen molar-refractivity contribution in [1.82, 2.24) is 41.2 Å². The molecule has 1 spiro atoms. The Bertz CT molecular complexity index is 4610. The molecule has 546 valence electrons. The number of aliphatic hydroxyl groups is 1. The molecule has 5 atom stereocenters. The van der Waals surface area contributed by atoms with Crippen LogP contribution in [0.5, 0.6) is 23.0 Å². The molecule has 1 saturated heterocycles. The first-order valence-electron chi connectivity index (χ1n) is 35.2. The van der Waals surface area contributed by atoms with Crippen LogP contribution in [0.3, 0.4) is 0 Å². The van der Waals surface area contributed by atoms with Gasteiger partial charge in [0.1, 0.15) is 24.4 Å². The molecular formula is C77H83N13O15. The van der Waals surface area contributed by atoms with Gasteiger partial charge in [0.25, 0.3) is 11.8 Å². The van der Waals surface area contributed by atoms with E-state index in [1.54, 1.807) is 71.2 Å². The number of benzene rings is 6. The molecular weight excluding hydrogens is 1350 g/mol. The number of hydrogen-bond acceptors (Lipinski definition) is 18. The Balaban J connectivity index is 0.570. The molecule has 9 amide bonds. The smallest absolute Gasteiger partial charge is 0.416 e. The second-order valence-electron chi connectivity index (χ2n) is 27.7. The van der Waals surface area contributed by atoms with Crippen molar-refractivity contribution in [3.05, 3.63) is 149 Å². The summed E-state index contributed by atoms with van der Waals surface area (Å²) in [6.45, 7) is 8.44. The maximum absolute atomic E-state index is 14.5. The summed E-state index contributed by atoms with van der Waals surface area (Å²) in [6, 6.07) is 32.5. The molecule has 6 heterocycles. The van der Waals surface area contributed by atoms with Crippen molar-refractivity contribution in [2.45, 2.75) is 129 Å². The summed E-state index contributed by atoms with van der Waals surface area (Å²) in [5.74, 6) is -3.42. The molecule has 5 aliphatic heterocycles. The predicted octanol–water partition coefficient (Wildman–Crippen LogP) is 7.96. The summed E-state index contributed by atoms with van der Waals surface area (Å²) in [6.07, 6.45) is 2.20. The molecule has 6 aromatic carbocycles. The number of anilines is 4. The van der Waals surface area contributed by atoms with Gasteiger partial charge in [0, 0.05) is 79.1 Å². The summed E-state index contributed by atoms with van der Waals surface area (Å²) < 4.78 is 31.6. The quantitative estimate of drug-likeness (QED) is 0.0312. The van der Waals surface area contributed by atoms with Gasteiger partial charge >= 0.3 is 6.09 Å². The lowest BCUT2D eigenvalue weighted by Crippen LogP contribution is -2.55. The fourth-order valence-electron chi connectivity index (χ4n) is 14.1. The van der Waals surface area contributed by atoms with Crippen molar-refractivity contribution < 1.29 is 71.9 Å². The van der Waals surface area contributed by atoms with Gasteiger partial charge in [0.05, 0.1) is 93.0 Å². The number of para-hydroxylation sites is 2. The summed E-state index contributed by atoms with van der Waals surface area (Å²) in [7, 11) is 2.93. The lowest BCUT2D eigenvalue weighted by Gasteiger charge is -2.31. The zero-order valence-corrected chi connectivity index (χ0v) is 59.3. The number of hydrogen-bond donors (Lipinski definition) is 6. The number of amides is 9. The first kappa shape index (κ1) is 71.7. The Hall–Kier alpha value is -11.7. The number of aliphatic imine (C=N–C) groups is 1. The minimum atomic E-state index is -1.50. The summed E-state index contributed by atoms with van der Waals surface area (Å²) in [5.41, 5.74) is 8.19. The average Bonchev–Trinajstić information content (AvgIpc) is 1.58. The number of carbonyl (C=O) groups excluding carboxylic acids is 9.